The van der Waals surface area contributed by atoms with Gasteiger partial charge in [0, 0.05) is 38.6 Å². The number of sulfone groups is 1. The largest absolute Gasteiger partial charge is 0.357 e. The lowest BCUT2D eigenvalue weighted by Gasteiger charge is -2.19. The Balaban J connectivity index is 0.00000512. The van der Waals surface area contributed by atoms with E-state index in [0.717, 1.165) is 24.5 Å². The molecule has 1 aromatic heterocycles. The van der Waals surface area contributed by atoms with Crippen molar-refractivity contribution >= 4 is 45.6 Å². The molecule has 0 fully saturated rings. The van der Waals surface area contributed by atoms with Crippen LogP contribution in [-0.2, 0) is 28.7 Å². The molecule has 178 valence electrons. The Morgan fingerprint density at radius 2 is 1.81 bits per heavy atom. The highest BCUT2D eigenvalue weighted by atomic mass is 127. The summed E-state index contributed by atoms with van der Waals surface area (Å²) in [4.78, 5) is 11.3. The Labute approximate surface area is 207 Å². The van der Waals surface area contributed by atoms with Gasteiger partial charge in [0.25, 0.3) is 0 Å². The van der Waals surface area contributed by atoms with Crippen LogP contribution in [0.1, 0.15) is 37.5 Å². The predicted octanol–water partition coefficient (Wildman–Crippen LogP) is 3.48. The number of aromatic nitrogens is 1. The van der Waals surface area contributed by atoms with E-state index in [2.05, 4.69) is 39.4 Å². The minimum atomic E-state index is -3.23. The molecule has 1 heterocycles. The standard InChI is InChI=1S/C22H32FN5O2S.HI/c1-5-24-22(26-14-17-8-11-21(25-13-17)28(6-2)7-3)27-15-19-12-20(23)10-9-18(19)16-31(4,29)30;/h8-13H,5-7,14-16H2,1-4H3,(H2,24,26,27);1H. The fourth-order valence-corrected chi connectivity index (χ4v) is 3.96. The first-order valence-electron chi connectivity index (χ1n) is 10.4. The van der Waals surface area contributed by atoms with Crippen molar-refractivity contribution in [1.82, 2.24) is 15.6 Å². The van der Waals surface area contributed by atoms with E-state index >= 15 is 0 Å². The maximum Gasteiger partial charge on any atom is 0.191 e. The molecular formula is C22H33FIN5O2S. The van der Waals surface area contributed by atoms with Gasteiger partial charge in [0.15, 0.2) is 15.8 Å². The van der Waals surface area contributed by atoms with Crippen molar-refractivity contribution in [3.05, 3.63) is 59.0 Å². The third-order valence-electron chi connectivity index (χ3n) is 4.69. The average Bonchev–Trinajstić information content (AvgIpc) is 2.72. The van der Waals surface area contributed by atoms with Crippen molar-refractivity contribution in [2.45, 2.75) is 39.6 Å². The first kappa shape index (κ1) is 28.1. The summed E-state index contributed by atoms with van der Waals surface area (Å²) >= 11 is 0. The maximum absolute atomic E-state index is 13.7. The lowest BCUT2D eigenvalue weighted by molar-refractivity contribution is 0.599. The molecule has 2 aromatic rings. The number of anilines is 1. The summed E-state index contributed by atoms with van der Waals surface area (Å²) in [5, 5.41) is 6.31. The van der Waals surface area contributed by atoms with E-state index in [0.29, 0.717) is 30.2 Å². The minimum Gasteiger partial charge on any atom is -0.357 e. The van der Waals surface area contributed by atoms with Gasteiger partial charge in [0.05, 0.1) is 12.3 Å². The van der Waals surface area contributed by atoms with Crippen molar-refractivity contribution in [3.8, 4) is 0 Å². The summed E-state index contributed by atoms with van der Waals surface area (Å²) in [5.74, 6) is 0.954. The number of hydrogen-bond donors (Lipinski definition) is 2. The monoisotopic (exact) mass is 577 g/mol. The number of halogens is 2. The van der Waals surface area contributed by atoms with Gasteiger partial charge in [0.1, 0.15) is 11.6 Å². The predicted molar refractivity (Wildman–Crippen MR) is 140 cm³/mol. The SMILES string of the molecule is CCNC(=NCc1ccc(N(CC)CC)nc1)NCc1cc(F)ccc1CS(C)(=O)=O.I. The molecule has 32 heavy (non-hydrogen) atoms. The van der Waals surface area contributed by atoms with E-state index < -0.39 is 15.7 Å². The summed E-state index contributed by atoms with van der Waals surface area (Å²) in [5.41, 5.74) is 2.13. The number of pyridine rings is 1. The third kappa shape index (κ3) is 9.27. The summed E-state index contributed by atoms with van der Waals surface area (Å²) in [6.07, 6.45) is 2.98. The van der Waals surface area contributed by atoms with Crippen molar-refractivity contribution in [2.75, 3.05) is 30.8 Å². The van der Waals surface area contributed by atoms with Crippen LogP contribution in [0.4, 0.5) is 10.2 Å². The van der Waals surface area contributed by atoms with Crippen LogP contribution in [0, 0.1) is 5.82 Å². The number of benzene rings is 1. The first-order chi connectivity index (χ1) is 14.8. The molecule has 0 spiro atoms. The summed E-state index contributed by atoms with van der Waals surface area (Å²) in [6.45, 7) is 9.29. The van der Waals surface area contributed by atoms with E-state index in [9.17, 15) is 12.8 Å². The topological polar surface area (TPSA) is 86.7 Å². The number of nitrogens with zero attached hydrogens (tertiary/aromatic N) is 3. The fourth-order valence-electron chi connectivity index (χ4n) is 3.12. The molecule has 0 unspecified atom stereocenters. The van der Waals surface area contributed by atoms with Crippen molar-refractivity contribution in [1.29, 1.82) is 0 Å². The van der Waals surface area contributed by atoms with Crippen LogP contribution in [0.25, 0.3) is 0 Å². The Kier molecular flexibility index (Phi) is 11.9. The molecule has 2 rings (SSSR count). The summed E-state index contributed by atoms with van der Waals surface area (Å²) in [6, 6.07) is 8.14. The molecular weight excluding hydrogens is 544 g/mol. The van der Waals surface area contributed by atoms with Gasteiger partial charge in [0.2, 0.25) is 0 Å². The van der Waals surface area contributed by atoms with Gasteiger partial charge >= 0.3 is 0 Å². The molecule has 0 aliphatic rings. The number of hydrogen-bond acceptors (Lipinski definition) is 5. The number of rotatable bonds is 10. The van der Waals surface area contributed by atoms with E-state index in [1.54, 1.807) is 0 Å². The van der Waals surface area contributed by atoms with Crippen molar-refractivity contribution < 1.29 is 12.8 Å². The highest BCUT2D eigenvalue weighted by molar-refractivity contribution is 14.0. The zero-order valence-corrected chi connectivity index (χ0v) is 22.2. The molecule has 0 amide bonds. The molecule has 0 aliphatic heterocycles. The van der Waals surface area contributed by atoms with E-state index in [1.165, 1.54) is 24.5 Å². The number of aliphatic imine (C=N–C) groups is 1. The van der Waals surface area contributed by atoms with Crippen molar-refractivity contribution in [3.63, 3.8) is 0 Å². The zero-order chi connectivity index (χ0) is 22.9. The zero-order valence-electron chi connectivity index (χ0n) is 19.1. The van der Waals surface area contributed by atoms with Crippen LogP contribution in [0.3, 0.4) is 0 Å². The number of guanidine groups is 1. The van der Waals surface area contributed by atoms with Gasteiger partial charge < -0.3 is 15.5 Å². The Morgan fingerprint density at radius 3 is 2.38 bits per heavy atom. The minimum absolute atomic E-state index is 0. The first-order valence-corrected chi connectivity index (χ1v) is 12.5. The second-order valence-electron chi connectivity index (χ2n) is 7.23. The van der Waals surface area contributed by atoms with Crippen LogP contribution in [0.5, 0.6) is 0 Å². The Hall–Kier alpha value is -1.95. The molecule has 0 radical (unpaired) electrons. The highest BCUT2D eigenvalue weighted by Gasteiger charge is 2.11. The lowest BCUT2D eigenvalue weighted by Crippen LogP contribution is -2.37. The normalized spacial score (nSPS) is 11.6. The maximum atomic E-state index is 13.7. The summed E-state index contributed by atoms with van der Waals surface area (Å²) < 4.78 is 37.1. The molecule has 0 bridgehead atoms. The lowest BCUT2D eigenvalue weighted by atomic mass is 10.1. The molecule has 0 aliphatic carbocycles. The van der Waals surface area contributed by atoms with E-state index in [4.69, 9.17) is 0 Å². The Bertz CT molecular complexity index is 980. The van der Waals surface area contributed by atoms with Gasteiger partial charge in [-0.2, -0.15) is 0 Å². The van der Waals surface area contributed by atoms with Gasteiger partial charge in [-0.05, 0) is 55.7 Å². The molecule has 2 N–H and O–H groups in total. The van der Waals surface area contributed by atoms with Crippen LogP contribution in [0.15, 0.2) is 41.5 Å². The van der Waals surface area contributed by atoms with Crippen LogP contribution in [-0.4, -0.2) is 45.3 Å². The smallest absolute Gasteiger partial charge is 0.191 e. The van der Waals surface area contributed by atoms with Gasteiger partial charge in [-0.25, -0.2) is 22.8 Å². The van der Waals surface area contributed by atoms with Crippen LogP contribution in [0.2, 0.25) is 0 Å². The number of nitrogens with one attached hydrogen (secondary N) is 2. The Morgan fingerprint density at radius 1 is 1.09 bits per heavy atom. The van der Waals surface area contributed by atoms with E-state index in [1.807, 2.05) is 25.3 Å². The van der Waals surface area contributed by atoms with E-state index in [-0.39, 0.29) is 36.3 Å². The summed E-state index contributed by atoms with van der Waals surface area (Å²) in [7, 11) is -3.23. The quantitative estimate of drug-likeness (QED) is 0.256. The highest BCUT2D eigenvalue weighted by Crippen LogP contribution is 2.15. The van der Waals surface area contributed by atoms with Gasteiger partial charge in [-0.1, -0.05) is 12.1 Å². The second-order valence-corrected chi connectivity index (χ2v) is 9.37. The van der Waals surface area contributed by atoms with Gasteiger partial charge in [-0.15, -0.1) is 24.0 Å². The molecule has 1 aromatic carbocycles. The molecule has 0 atom stereocenters. The van der Waals surface area contributed by atoms with Crippen LogP contribution < -0.4 is 15.5 Å². The molecule has 10 heteroatoms. The van der Waals surface area contributed by atoms with Crippen molar-refractivity contribution in [2.24, 2.45) is 4.99 Å². The molecule has 7 nitrogen and oxygen atoms in total. The molecule has 0 saturated carbocycles. The average molecular weight is 578 g/mol. The third-order valence-corrected chi connectivity index (χ3v) is 5.53. The second kappa shape index (κ2) is 13.6. The fraction of sp³-hybridized carbons (Fsp3) is 0.455. The van der Waals surface area contributed by atoms with Crippen LogP contribution >= 0.6 is 24.0 Å². The van der Waals surface area contributed by atoms with Gasteiger partial charge in [-0.3, -0.25) is 0 Å². The molecule has 0 saturated heterocycles.